The van der Waals surface area contributed by atoms with Crippen molar-refractivity contribution in [3.8, 4) is 5.75 Å². The molecule has 0 unspecified atom stereocenters. The minimum atomic E-state index is -0.779. The molecule has 0 aliphatic carbocycles. The van der Waals surface area contributed by atoms with Gasteiger partial charge in [0.15, 0.2) is 11.9 Å². The maximum atomic E-state index is 12.1. The van der Waals surface area contributed by atoms with E-state index in [-0.39, 0.29) is 17.9 Å². The van der Waals surface area contributed by atoms with Crippen LogP contribution >= 0.6 is 0 Å². The Morgan fingerprint density at radius 1 is 1.18 bits per heavy atom. The Bertz CT molecular complexity index is 1080. The third-order valence-electron chi connectivity index (χ3n) is 4.05. The van der Waals surface area contributed by atoms with Gasteiger partial charge < -0.3 is 19.8 Å². The van der Waals surface area contributed by atoms with Crippen molar-refractivity contribution < 1.29 is 19.1 Å². The van der Waals surface area contributed by atoms with Gasteiger partial charge in [0.05, 0.1) is 18.0 Å². The SMILES string of the molecule is COc1cccc(C(=O)NCC(=O)O[C@H](C)c2nc3ccccc3c(=O)[nH]2)c1. The van der Waals surface area contributed by atoms with Crippen LogP contribution in [0.3, 0.4) is 0 Å². The van der Waals surface area contributed by atoms with Gasteiger partial charge in [-0.1, -0.05) is 18.2 Å². The van der Waals surface area contributed by atoms with Gasteiger partial charge in [-0.25, -0.2) is 4.98 Å². The molecule has 0 spiro atoms. The molecule has 3 aromatic rings. The zero-order valence-electron chi connectivity index (χ0n) is 15.4. The van der Waals surface area contributed by atoms with Gasteiger partial charge in [0.25, 0.3) is 11.5 Å². The number of aromatic amines is 1. The Kier molecular flexibility index (Phi) is 5.69. The minimum absolute atomic E-state index is 0.233. The van der Waals surface area contributed by atoms with Crippen LogP contribution in [0.15, 0.2) is 53.3 Å². The molecule has 0 aliphatic rings. The molecule has 0 saturated carbocycles. The fourth-order valence-corrected chi connectivity index (χ4v) is 2.61. The number of hydrogen-bond acceptors (Lipinski definition) is 6. The molecule has 2 N–H and O–H groups in total. The molecule has 8 nitrogen and oxygen atoms in total. The number of benzene rings is 2. The van der Waals surface area contributed by atoms with E-state index in [0.29, 0.717) is 22.2 Å². The van der Waals surface area contributed by atoms with Crippen molar-refractivity contribution in [1.82, 2.24) is 15.3 Å². The van der Waals surface area contributed by atoms with Crippen LogP contribution in [0.1, 0.15) is 29.2 Å². The van der Waals surface area contributed by atoms with Gasteiger partial charge in [-0.3, -0.25) is 14.4 Å². The lowest BCUT2D eigenvalue weighted by Crippen LogP contribution is -2.31. The summed E-state index contributed by atoms with van der Waals surface area (Å²) in [4.78, 5) is 43.2. The minimum Gasteiger partial charge on any atom is -0.497 e. The quantitative estimate of drug-likeness (QED) is 0.632. The topological polar surface area (TPSA) is 110 Å². The number of fused-ring (bicyclic) bond motifs is 1. The van der Waals surface area contributed by atoms with Crippen molar-refractivity contribution in [2.24, 2.45) is 0 Å². The number of amides is 1. The molecule has 1 heterocycles. The lowest BCUT2D eigenvalue weighted by molar-refractivity contribution is -0.147. The summed E-state index contributed by atoms with van der Waals surface area (Å²) in [5.74, 6) is -0.313. The van der Waals surface area contributed by atoms with E-state index in [0.717, 1.165) is 0 Å². The normalized spacial score (nSPS) is 11.6. The zero-order chi connectivity index (χ0) is 20.1. The Hall–Kier alpha value is -3.68. The zero-order valence-corrected chi connectivity index (χ0v) is 15.4. The fraction of sp³-hybridized carbons (Fsp3) is 0.200. The molecule has 0 radical (unpaired) electrons. The summed E-state index contributed by atoms with van der Waals surface area (Å²) in [5, 5.41) is 2.94. The first-order chi connectivity index (χ1) is 13.5. The number of aromatic nitrogens is 2. The molecule has 8 heteroatoms. The first-order valence-corrected chi connectivity index (χ1v) is 8.58. The number of hydrogen-bond donors (Lipinski definition) is 2. The van der Waals surface area contributed by atoms with Crippen LogP contribution in [0.25, 0.3) is 10.9 Å². The van der Waals surface area contributed by atoms with Crippen LogP contribution in [0.2, 0.25) is 0 Å². The van der Waals surface area contributed by atoms with Crippen molar-refractivity contribution in [3.63, 3.8) is 0 Å². The van der Waals surface area contributed by atoms with Gasteiger partial charge in [-0.2, -0.15) is 0 Å². The van der Waals surface area contributed by atoms with Crippen molar-refractivity contribution in [3.05, 3.63) is 70.3 Å². The first-order valence-electron chi connectivity index (χ1n) is 8.58. The molecule has 2 aromatic carbocycles. The van der Waals surface area contributed by atoms with Crippen LogP contribution in [-0.4, -0.2) is 35.5 Å². The number of carbonyl (C=O) groups is 2. The van der Waals surface area contributed by atoms with Crippen molar-refractivity contribution >= 4 is 22.8 Å². The van der Waals surface area contributed by atoms with E-state index >= 15 is 0 Å². The number of para-hydroxylation sites is 1. The Morgan fingerprint density at radius 2 is 1.96 bits per heavy atom. The number of esters is 1. The summed E-state index contributed by atoms with van der Waals surface area (Å²) < 4.78 is 10.3. The summed E-state index contributed by atoms with van der Waals surface area (Å²) in [6, 6.07) is 13.4. The lowest BCUT2D eigenvalue weighted by Gasteiger charge is -2.13. The van der Waals surface area contributed by atoms with E-state index in [9.17, 15) is 14.4 Å². The molecule has 0 aliphatic heterocycles. The number of methoxy groups -OCH3 is 1. The monoisotopic (exact) mass is 381 g/mol. The van der Waals surface area contributed by atoms with E-state index < -0.39 is 18.0 Å². The molecule has 1 aromatic heterocycles. The average molecular weight is 381 g/mol. The molecule has 1 atom stereocenters. The molecule has 0 saturated heterocycles. The van der Waals surface area contributed by atoms with E-state index in [1.807, 2.05) is 0 Å². The highest BCUT2D eigenvalue weighted by atomic mass is 16.5. The molecule has 0 fully saturated rings. The lowest BCUT2D eigenvalue weighted by atomic mass is 10.2. The van der Waals surface area contributed by atoms with Crippen LogP contribution in [0, 0.1) is 0 Å². The molecular formula is C20H19N3O5. The number of rotatable bonds is 6. The molecule has 3 rings (SSSR count). The Labute approximate surface area is 160 Å². The van der Waals surface area contributed by atoms with Crippen LogP contribution < -0.4 is 15.6 Å². The molecule has 1 amide bonds. The van der Waals surface area contributed by atoms with Crippen molar-refractivity contribution in [2.45, 2.75) is 13.0 Å². The third-order valence-corrected chi connectivity index (χ3v) is 4.05. The maximum absolute atomic E-state index is 12.1. The predicted molar refractivity (Wildman–Crippen MR) is 102 cm³/mol. The van der Waals surface area contributed by atoms with E-state index in [1.54, 1.807) is 55.5 Å². The summed E-state index contributed by atoms with van der Waals surface area (Å²) in [6.07, 6.45) is -0.779. The van der Waals surface area contributed by atoms with Gasteiger partial charge >= 0.3 is 5.97 Å². The summed E-state index contributed by atoms with van der Waals surface area (Å²) in [7, 11) is 1.50. The highest BCUT2D eigenvalue weighted by Crippen LogP contribution is 2.15. The van der Waals surface area contributed by atoms with Crippen molar-refractivity contribution in [2.75, 3.05) is 13.7 Å². The smallest absolute Gasteiger partial charge is 0.326 e. The summed E-state index contributed by atoms with van der Waals surface area (Å²) in [5.41, 5.74) is 0.561. The molecular weight excluding hydrogens is 362 g/mol. The second kappa shape index (κ2) is 8.34. The van der Waals surface area contributed by atoms with E-state index in [4.69, 9.17) is 9.47 Å². The van der Waals surface area contributed by atoms with Crippen LogP contribution in [0.4, 0.5) is 0 Å². The highest BCUT2D eigenvalue weighted by Gasteiger charge is 2.16. The number of nitrogens with one attached hydrogen (secondary N) is 2. The summed E-state index contributed by atoms with van der Waals surface area (Å²) in [6.45, 7) is 1.27. The average Bonchev–Trinajstić information content (AvgIpc) is 2.72. The van der Waals surface area contributed by atoms with Gasteiger partial charge in [0, 0.05) is 5.56 Å². The van der Waals surface area contributed by atoms with Crippen molar-refractivity contribution in [1.29, 1.82) is 0 Å². The fourth-order valence-electron chi connectivity index (χ4n) is 2.61. The largest absolute Gasteiger partial charge is 0.497 e. The highest BCUT2D eigenvalue weighted by molar-refractivity contribution is 5.96. The number of nitrogens with zero attached hydrogens (tertiary/aromatic N) is 1. The van der Waals surface area contributed by atoms with Gasteiger partial charge in [0.1, 0.15) is 12.3 Å². The third kappa shape index (κ3) is 4.35. The number of ether oxygens (including phenoxy) is 2. The number of carbonyl (C=O) groups excluding carboxylic acids is 2. The molecule has 28 heavy (non-hydrogen) atoms. The Morgan fingerprint density at radius 3 is 2.75 bits per heavy atom. The van der Waals surface area contributed by atoms with E-state index in [2.05, 4.69) is 15.3 Å². The standard InChI is InChI=1S/C20H19N3O5/c1-12(18-22-16-9-4-3-8-15(16)20(26)23-18)28-17(24)11-21-19(25)13-6-5-7-14(10-13)27-2/h3-10,12H,11H2,1-2H3,(H,21,25)(H,22,23,26)/t12-/m1/s1. The Balaban J connectivity index is 1.61. The van der Waals surface area contributed by atoms with E-state index in [1.165, 1.54) is 7.11 Å². The maximum Gasteiger partial charge on any atom is 0.326 e. The van der Waals surface area contributed by atoms with Gasteiger partial charge in [0.2, 0.25) is 0 Å². The van der Waals surface area contributed by atoms with Crippen LogP contribution in [0.5, 0.6) is 5.75 Å². The second-order valence-electron chi connectivity index (χ2n) is 6.02. The predicted octanol–water partition coefficient (Wildman–Crippen LogP) is 1.97. The second-order valence-corrected chi connectivity index (χ2v) is 6.02. The van der Waals surface area contributed by atoms with Gasteiger partial charge in [-0.15, -0.1) is 0 Å². The molecule has 144 valence electrons. The van der Waals surface area contributed by atoms with Crippen LogP contribution in [-0.2, 0) is 9.53 Å². The number of H-pyrrole nitrogens is 1. The first kappa shape index (κ1) is 19.1. The molecule has 0 bridgehead atoms. The summed E-state index contributed by atoms with van der Waals surface area (Å²) >= 11 is 0. The van der Waals surface area contributed by atoms with Gasteiger partial charge in [-0.05, 0) is 37.3 Å².